The summed E-state index contributed by atoms with van der Waals surface area (Å²) in [4.78, 5) is 69.8. The van der Waals surface area contributed by atoms with Crippen LogP contribution < -0.4 is 33.2 Å². The number of primary amides is 1. The molecule has 4 unspecified atom stereocenters. The number of hydrogen-bond acceptors (Lipinski definition) is 8. The van der Waals surface area contributed by atoms with Crippen molar-refractivity contribution in [2.24, 2.45) is 17.2 Å². The van der Waals surface area contributed by atoms with Gasteiger partial charge in [0.1, 0.15) is 18.1 Å². The van der Waals surface area contributed by atoms with E-state index in [-0.39, 0.29) is 19.3 Å². The molecule has 32 heavy (non-hydrogen) atoms. The van der Waals surface area contributed by atoms with Gasteiger partial charge in [-0.1, -0.05) is 0 Å². The van der Waals surface area contributed by atoms with E-state index in [0.717, 1.165) is 0 Å². The number of carboxylic acid groups (broad SMARTS) is 2. The molecule has 14 nitrogen and oxygen atoms in total. The lowest BCUT2D eigenvalue weighted by Crippen LogP contribution is -2.56. The van der Waals surface area contributed by atoms with Crippen LogP contribution in [0.5, 0.6) is 0 Å². The first-order valence-corrected chi connectivity index (χ1v) is 9.98. The van der Waals surface area contributed by atoms with Gasteiger partial charge in [0, 0.05) is 6.42 Å². The average Bonchev–Trinajstić information content (AvgIpc) is 2.68. The van der Waals surface area contributed by atoms with Gasteiger partial charge in [0.05, 0.1) is 12.5 Å². The van der Waals surface area contributed by atoms with Gasteiger partial charge in [0.2, 0.25) is 23.6 Å². The van der Waals surface area contributed by atoms with Crippen LogP contribution in [0.25, 0.3) is 0 Å². The van der Waals surface area contributed by atoms with E-state index in [1.807, 2.05) is 0 Å². The molecule has 0 aromatic rings. The summed E-state index contributed by atoms with van der Waals surface area (Å²) in [5, 5.41) is 24.8. The fraction of sp³-hybridized carbons (Fsp3) is 0.667. The van der Waals surface area contributed by atoms with Crippen LogP contribution in [0.1, 0.15) is 45.4 Å². The minimum atomic E-state index is -1.39. The number of rotatable bonds is 16. The lowest BCUT2D eigenvalue weighted by molar-refractivity contribution is -0.142. The third-order valence-electron chi connectivity index (χ3n) is 4.36. The number of carbonyl (C=O) groups excluding carboxylic acids is 4. The number of nitrogens with one attached hydrogen (secondary N) is 3. The molecule has 0 aliphatic rings. The molecule has 0 rings (SSSR count). The molecule has 0 aliphatic heterocycles. The second-order valence-corrected chi connectivity index (χ2v) is 7.18. The van der Waals surface area contributed by atoms with Crippen molar-refractivity contribution in [2.75, 3.05) is 6.54 Å². The fourth-order valence-corrected chi connectivity index (χ4v) is 2.54. The molecular weight excluding hydrogens is 428 g/mol. The molecule has 0 bridgehead atoms. The van der Waals surface area contributed by atoms with Crippen LogP contribution in [0.2, 0.25) is 0 Å². The molecule has 4 amide bonds. The second-order valence-electron chi connectivity index (χ2n) is 7.18. The number of carbonyl (C=O) groups is 6. The third kappa shape index (κ3) is 11.8. The maximum atomic E-state index is 12.6. The minimum absolute atomic E-state index is 0.152. The molecule has 0 radical (unpaired) electrons. The van der Waals surface area contributed by atoms with Crippen LogP contribution in [-0.2, 0) is 28.8 Å². The Morgan fingerprint density at radius 2 is 1.44 bits per heavy atom. The zero-order valence-electron chi connectivity index (χ0n) is 17.8. The maximum absolute atomic E-state index is 12.6. The Kier molecular flexibility index (Phi) is 13.2. The van der Waals surface area contributed by atoms with Gasteiger partial charge in [0.25, 0.3) is 0 Å². The predicted octanol–water partition coefficient (Wildman–Crippen LogP) is -3.26. The van der Waals surface area contributed by atoms with Gasteiger partial charge < -0.3 is 43.4 Å². The van der Waals surface area contributed by atoms with E-state index < -0.39 is 66.2 Å². The molecule has 14 heteroatoms. The quantitative estimate of drug-likeness (QED) is 0.107. The Morgan fingerprint density at radius 3 is 1.94 bits per heavy atom. The Balaban J connectivity index is 5.08. The number of hydrogen-bond donors (Lipinski definition) is 8. The average molecular weight is 460 g/mol. The van der Waals surface area contributed by atoms with E-state index in [0.29, 0.717) is 19.4 Å². The lowest BCUT2D eigenvalue weighted by Gasteiger charge is -2.23. The van der Waals surface area contributed by atoms with Crippen molar-refractivity contribution in [3.8, 4) is 0 Å². The molecule has 0 fully saturated rings. The van der Waals surface area contributed by atoms with Crippen molar-refractivity contribution >= 4 is 35.6 Å². The van der Waals surface area contributed by atoms with E-state index in [1.165, 1.54) is 6.92 Å². The Morgan fingerprint density at radius 1 is 0.844 bits per heavy atom. The third-order valence-corrected chi connectivity index (χ3v) is 4.36. The van der Waals surface area contributed by atoms with Crippen LogP contribution in [-0.4, -0.2) is 76.5 Å². The molecule has 0 aliphatic carbocycles. The topological polar surface area (TPSA) is 257 Å². The normalized spacial score (nSPS) is 14.3. The van der Waals surface area contributed by atoms with Gasteiger partial charge in [-0.3, -0.25) is 24.0 Å². The highest BCUT2D eigenvalue weighted by atomic mass is 16.4. The molecule has 0 heterocycles. The molecule has 0 saturated heterocycles. The molecule has 0 aromatic carbocycles. The van der Waals surface area contributed by atoms with E-state index in [2.05, 4.69) is 16.0 Å². The highest BCUT2D eigenvalue weighted by Gasteiger charge is 2.28. The van der Waals surface area contributed by atoms with Gasteiger partial charge >= 0.3 is 11.9 Å². The second kappa shape index (κ2) is 14.7. The summed E-state index contributed by atoms with van der Waals surface area (Å²) in [6.07, 6.45) is 0.0396. The molecule has 0 saturated carbocycles. The van der Waals surface area contributed by atoms with Gasteiger partial charge in [0.15, 0.2) is 0 Å². The summed E-state index contributed by atoms with van der Waals surface area (Å²) in [6, 6.07) is -5.06. The monoisotopic (exact) mass is 460 g/mol. The Labute approximate surface area is 184 Å². The van der Waals surface area contributed by atoms with Crippen molar-refractivity contribution in [1.82, 2.24) is 16.0 Å². The largest absolute Gasteiger partial charge is 0.481 e. The van der Waals surface area contributed by atoms with Gasteiger partial charge in [-0.15, -0.1) is 0 Å². The number of aliphatic carboxylic acids is 2. The SMILES string of the molecule is CC(NC(=O)C(CCCCN)NC(=O)C(N)CC(=O)O)C(=O)NC(CCC(N)=O)C(=O)O. The van der Waals surface area contributed by atoms with E-state index in [1.54, 1.807) is 0 Å². The molecule has 0 aromatic heterocycles. The highest BCUT2D eigenvalue weighted by molar-refractivity contribution is 5.94. The molecule has 182 valence electrons. The summed E-state index contributed by atoms with van der Waals surface area (Å²) in [6.45, 7) is 1.65. The summed E-state index contributed by atoms with van der Waals surface area (Å²) in [7, 11) is 0. The van der Waals surface area contributed by atoms with Crippen LogP contribution in [0.15, 0.2) is 0 Å². The minimum Gasteiger partial charge on any atom is -0.481 e. The van der Waals surface area contributed by atoms with Crippen molar-refractivity contribution < 1.29 is 39.0 Å². The molecule has 0 spiro atoms. The van der Waals surface area contributed by atoms with Gasteiger partial charge in [-0.25, -0.2) is 4.79 Å². The number of carboxylic acids is 2. The zero-order chi connectivity index (χ0) is 24.8. The van der Waals surface area contributed by atoms with Gasteiger partial charge in [-0.2, -0.15) is 0 Å². The van der Waals surface area contributed by atoms with E-state index in [9.17, 15) is 28.8 Å². The smallest absolute Gasteiger partial charge is 0.326 e. The number of amides is 4. The first-order valence-electron chi connectivity index (χ1n) is 9.98. The lowest BCUT2D eigenvalue weighted by atomic mass is 10.1. The van der Waals surface area contributed by atoms with Crippen LogP contribution >= 0.6 is 0 Å². The van der Waals surface area contributed by atoms with E-state index in [4.69, 9.17) is 27.4 Å². The molecular formula is C18H32N6O8. The number of nitrogens with two attached hydrogens (primary N) is 3. The Hall–Kier alpha value is -3.26. The van der Waals surface area contributed by atoms with Crippen molar-refractivity contribution in [2.45, 2.75) is 69.6 Å². The maximum Gasteiger partial charge on any atom is 0.326 e. The summed E-state index contributed by atoms with van der Waals surface area (Å²) in [5.74, 6) is -5.82. The summed E-state index contributed by atoms with van der Waals surface area (Å²) in [5.41, 5.74) is 15.9. The van der Waals surface area contributed by atoms with Crippen LogP contribution in [0, 0.1) is 0 Å². The number of unbranched alkanes of at least 4 members (excludes halogenated alkanes) is 1. The van der Waals surface area contributed by atoms with Crippen LogP contribution in [0.3, 0.4) is 0 Å². The Bertz CT molecular complexity index is 701. The molecule has 11 N–H and O–H groups in total. The zero-order valence-corrected chi connectivity index (χ0v) is 17.8. The highest BCUT2D eigenvalue weighted by Crippen LogP contribution is 2.04. The summed E-state index contributed by atoms with van der Waals surface area (Å²) < 4.78 is 0. The fourth-order valence-electron chi connectivity index (χ4n) is 2.54. The predicted molar refractivity (Wildman–Crippen MR) is 111 cm³/mol. The first kappa shape index (κ1) is 28.7. The van der Waals surface area contributed by atoms with Crippen molar-refractivity contribution in [3.63, 3.8) is 0 Å². The van der Waals surface area contributed by atoms with Crippen molar-refractivity contribution in [3.05, 3.63) is 0 Å². The first-order chi connectivity index (χ1) is 14.9. The molecule has 4 atom stereocenters. The van der Waals surface area contributed by atoms with Crippen molar-refractivity contribution in [1.29, 1.82) is 0 Å². The van der Waals surface area contributed by atoms with Gasteiger partial charge in [-0.05, 0) is 39.2 Å². The standard InChI is InChI=1S/C18H32N6O8/c1-9(15(28)24-12(18(31)32)5-6-13(21)25)22-17(30)11(4-2-3-7-19)23-16(29)10(20)8-14(26)27/h9-12H,2-8,19-20H2,1H3,(H2,21,25)(H,22,30)(H,23,29)(H,24,28)(H,26,27)(H,31,32). The van der Waals surface area contributed by atoms with Crippen LogP contribution in [0.4, 0.5) is 0 Å². The van der Waals surface area contributed by atoms with E-state index >= 15 is 0 Å². The summed E-state index contributed by atoms with van der Waals surface area (Å²) >= 11 is 0.